The van der Waals surface area contributed by atoms with Crippen molar-refractivity contribution in [2.45, 2.75) is 19.3 Å². The van der Waals surface area contributed by atoms with E-state index in [1.165, 1.54) is 0 Å². The largest absolute Gasteiger partial charge is 0.396 e. The molecule has 1 aromatic rings. The summed E-state index contributed by atoms with van der Waals surface area (Å²) >= 11 is 0. The number of aromatic nitrogens is 1. The van der Waals surface area contributed by atoms with Gasteiger partial charge >= 0.3 is 0 Å². The summed E-state index contributed by atoms with van der Waals surface area (Å²) in [4.78, 5) is 18.5. The number of hydrogen-bond acceptors (Lipinski definition) is 4. The van der Waals surface area contributed by atoms with E-state index in [0.717, 1.165) is 32.4 Å². The van der Waals surface area contributed by atoms with E-state index >= 15 is 0 Å². The molecule has 5 nitrogen and oxygen atoms in total. The second kappa shape index (κ2) is 6.52. The lowest BCUT2D eigenvalue weighted by molar-refractivity contribution is 0.0648. The Hall–Kier alpha value is -1.62. The average molecular weight is 263 g/mol. The number of rotatable bonds is 4. The van der Waals surface area contributed by atoms with Crippen LogP contribution < -0.4 is 5.32 Å². The molecule has 0 aliphatic carbocycles. The SMILES string of the molecule is CNc1cccc(C(=O)N2CCCC(CCO)C2)n1. The summed E-state index contributed by atoms with van der Waals surface area (Å²) in [7, 11) is 1.79. The molecule has 1 saturated heterocycles. The first-order valence-corrected chi connectivity index (χ1v) is 6.79. The van der Waals surface area contributed by atoms with Gasteiger partial charge in [0.1, 0.15) is 11.5 Å². The van der Waals surface area contributed by atoms with E-state index in [0.29, 0.717) is 17.4 Å². The average Bonchev–Trinajstić information content (AvgIpc) is 2.47. The molecule has 1 aliphatic rings. The van der Waals surface area contributed by atoms with Gasteiger partial charge in [-0.15, -0.1) is 0 Å². The third-order valence-corrected chi connectivity index (χ3v) is 3.57. The predicted molar refractivity (Wildman–Crippen MR) is 74.1 cm³/mol. The number of likely N-dealkylation sites (tertiary alicyclic amines) is 1. The molecular formula is C14H21N3O2. The molecule has 0 saturated carbocycles. The van der Waals surface area contributed by atoms with Crippen molar-refractivity contribution in [1.82, 2.24) is 9.88 Å². The number of carbonyl (C=O) groups excluding carboxylic acids is 1. The van der Waals surface area contributed by atoms with E-state index in [2.05, 4.69) is 10.3 Å². The van der Waals surface area contributed by atoms with E-state index in [1.54, 1.807) is 13.1 Å². The summed E-state index contributed by atoms with van der Waals surface area (Å²) in [6.07, 6.45) is 2.87. The number of aliphatic hydroxyl groups excluding tert-OH is 1. The minimum atomic E-state index is -0.0141. The Morgan fingerprint density at radius 1 is 1.58 bits per heavy atom. The zero-order chi connectivity index (χ0) is 13.7. The lowest BCUT2D eigenvalue weighted by atomic mass is 9.95. The van der Waals surface area contributed by atoms with Crippen LogP contribution in [0.4, 0.5) is 5.82 Å². The van der Waals surface area contributed by atoms with Crippen LogP contribution in [-0.2, 0) is 0 Å². The Bertz CT molecular complexity index is 434. The first-order valence-electron chi connectivity index (χ1n) is 6.79. The van der Waals surface area contributed by atoms with E-state index in [-0.39, 0.29) is 12.5 Å². The Kier molecular flexibility index (Phi) is 4.74. The van der Waals surface area contributed by atoms with Crippen molar-refractivity contribution in [2.75, 3.05) is 32.1 Å². The van der Waals surface area contributed by atoms with Gasteiger partial charge in [0.25, 0.3) is 5.91 Å². The first kappa shape index (κ1) is 13.8. The van der Waals surface area contributed by atoms with Gasteiger partial charge in [-0.25, -0.2) is 4.98 Å². The Labute approximate surface area is 113 Å². The van der Waals surface area contributed by atoms with Crippen LogP contribution in [-0.4, -0.2) is 47.6 Å². The van der Waals surface area contributed by atoms with Gasteiger partial charge in [0, 0.05) is 26.7 Å². The molecule has 2 N–H and O–H groups in total. The lowest BCUT2D eigenvalue weighted by Gasteiger charge is -2.32. The smallest absolute Gasteiger partial charge is 0.272 e. The maximum absolute atomic E-state index is 12.4. The first-order chi connectivity index (χ1) is 9.24. The molecule has 1 aromatic heterocycles. The van der Waals surface area contributed by atoms with Crippen molar-refractivity contribution in [3.63, 3.8) is 0 Å². The lowest BCUT2D eigenvalue weighted by Crippen LogP contribution is -2.40. The Morgan fingerprint density at radius 3 is 3.16 bits per heavy atom. The maximum atomic E-state index is 12.4. The molecule has 0 bridgehead atoms. The molecule has 5 heteroatoms. The predicted octanol–water partition coefficient (Wildman–Crippen LogP) is 1.36. The highest BCUT2D eigenvalue weighted by Gasteiger charge is 2.24. The molecule has 0 spiro atoms. The fraction of sp³-hybridized carbons (Fsp3) is 0.571. The minimum absolute atomic E-state index is 0.0141. The molecule has 2 heterocycles. The molecule has 19 heavy (non-hydrogen) atoms. The summed E-state index contributed by atoms with van der Waals surface area (Å²) < 4.78 is 0. The number of anilines is 1. The number of nitrogens with zero attached hydrogens (tertiary/aromatic N) is 2. The fourth-order valence-electron chi connectivity index (χ4n) is 2.52. The van der Waals surface area contributed by atoms with E-state index in [9.17, 15) is 4.79 Å². The van der Waals surface area contributed by atoms with Crippen molar-refractivity contribution in [3.8, 4) is 0 Å². The molecule has 0 radical (unpaired) electrons. The van der Waals surface area contributed by atoms with Crippen LogP contribution in [0.15, 0.2) is 18.2 Å². The fourth-order valence-corrected chi connectivity index (χ4v) is 2.52. The van der Waals surface area contributed by atoms with Crippen molar-refractivity contribution in [1.29, 1.82) is 0 Å². The topological polar surface area (TPSA) is 65.5 Å². The maximum Gasteiger partial charge on any atom is 0.272 e. The number of hydrogen-bond donors (Lipinski definition) is 2. The minimum Gasteiger partial charge on any atom is -0.396 e. The van der Waals surface area contributed by atoms with Crippen molar-refractivity contribution in [3.05, 3.63) is 23.9 Å². The van der Waals surface area contributed by atoms with Crippen LogP contribution in [0.25, 0.3) is 0 Å². The van der Waals surface area contributed by atoms with Crippen LogP contribution in [0.3, 0.4) is 0 Å². The van der Waals surface area contributed by atoms with Gasteiger partial charge in [-0.1, -0.05) is 6.07 Å². The van der Waals surface area contributed by atoms with Gasteiger partial charge in [0.05, 0.1) is 0 Å². The number of nitrogens with one attached hydrogen (secondary N) is 1. The van der Waals surface area contributed by atoms with Gasteiger partial charge in [0.15, 0.2) is 0 Å². The number of aliphatic hydroxyl groups is 1. The molecule has 1 unspecified atom stereocenters. The number of piperidine rings is 1. The van der Waals surface area contributed by atoms with Gasteiger partial charge in [-0.2, -0.15) is 0 Å². The molecule has 1 atom stereocenters. The molecule has 1 amide bonds. The van der Waals surface area contributed by atoms with Crippen molar-refractivity contribution in [2.24, 2.45) is 5.92 Å². The van der Waals surface area contributed by atoms with E-state index < -0.39 is 0 Å². The summed E-state index contributed by atoms with van der Waals surface area (Å²) in [5.74, 6) is 1.10. The summed E-state index contributed by atoms with van der Waals surface area (Å²) in [5.41, 5.74) is 0.483. The van der Waals surface area contributed by atoms with Crippen LogP contribution in [0.5, 0.6) is 0 Å². The second-order valence-electron chi connectivity index (χ2n) is 4.93. The van der Waals surface area contributed by atoms with Crippen molar-refractivity contribution >= 4 is 11.7 Å². The van der Waals surface area contributed by atoms with Gasteiger partial charge < -0.3 is 15.3 Å². The van der Waals surface area contributed by atoms with Gasteiger partial charge in [-0.3, -0.25) is 4.79 Å². The van der Waals surface area contributed by atoms with Crippen molar-refractivity contribution < 1.29 is 9.90 Å². The molecule has 104 valence electrons. The number of pyridine rings is 1. The van der Waals surface area contributed by atoms with Crippen LogP contribution in [0.1, 0.15) is 29.8 Å². The highest BCUT2D eigenvalue weighted by atomic mass is 16.3. The molecule has 1 aliphatic heterocycles. The monoisotopic (exact) mass is 263 g/mol. The van der Waals surface area contributed by atoms with Gasteiger partial charge in [0.2, 0.25) is 0 Å². The van der Waals surface area contributed by atoms with Crippen LogP contribution >= 0.6 is 0 Å². The third kappa shape index (κ3) is 3.44. The molecular weight excluding hydrogens is 242 g/mol. The Balaban J connectivity index is 2.05. The second-order valence-corrected chi connectivity index (χ2v) is 4.93. The summed E-state index contributed by atoms with van der Waals surface area (Å²) in [5, 5.41) is 11.9. The third-order valence-electron chi connectivity index (χ3n) is 3.57. The highest BCUT2D eigenvalue weighted by molar-refractivity contribution is 5.92. The summed E-state index contributed by atoms with van der Waals surface area (Å²) in [6.45, 7) is 1.71. The highest BCUT2D eigenvalue weighted by Crippen LogP contribution is 2.20. The standard InChI is InChI=1S/C14H21N3O2/c1-15-13-6-2-5-12(16-13)14(19)17-8-3-4-11(10-17)7-9-18/h2,5-6,11,18H,3-4,7-10H2,1H3,(H,15,16). The zero-order valence-corrected chi connectivity index (χ0v) is 11.3. The zero-order valence-electron chi connectivity index (χ0n) is 11.3. The molecule has 1 fully saturated rings. The van der Waals surface area contributed by atoms with E-state index in [4.69, 9.17) is 5.11 Å². The van der Waals surface area contributed by atoms with Crippen LogP contribution in [0.2, 0.25) is 0 Å². The van der Waals surface area contributed by atoms with E-state index in [1.807, 2.05) is 17.0 Å². The quantitative estimate of drug-likeness (QED) is 0.861. The number of amides is 1. The van der Waals surface area contributed by atoms with Crippen LogP contribution in [0, 0.1) is 5.92 Å². The summed E-state index contributed by atoms with van der Waals surface area (Å²) in [6, 6.07) is 5.42. The van der Waals surface area contributed by atoms with Gasteiger partial charge in [-0.05, 0) is 37.3 Å². The number of carbonyl (C=O) groups is 1. The normalized spacial score (nSPS) is 19.3. The molecule has 0 aromatic carbocycles. The molecule has 2 rings (SSSR count). The Morgan fingerprint density at radius 2 is 2.42 bits per heavy atom.